The molecule has 2 heterocycles. The number of aromatic nitrogens is 1. The molecular formula is C20H23ClN2O2. The van der Waals surface area contributed by atoms with Crippen LogP contribution in [0.1, 0.15) is 29.6 Å². The van der Waals surface area contributed by atoms with E-state index in [1.165, 1.54) is 0 Å². The summed E-state index contributed by atoms with van der Waals surface area (Å²) in [7, 11) is 1.62. The van der Waals surface area contributed by atoms with E-state index in [1.807, 2.05) is 28.7 Å². The van der Waals surface area contributed by atoms with Crippen molar-refractivity contribution < 1.29 is 9.53 Å². The number of piperidine rings is 1. The van der Waals surface area contributed by atoms with Gasteiger partial charge in [-0.05, 0) is 60.7 Å². The Kier molecular flexibility index (Phi) is 5.71. The number of pyridine rings is 1. The number of carbonyl (C=O) groups is 1. The van der Waals surface area contributed by atoms with Crippen LogP contribution in [0.2, 0.25) is 0 Å². The number of carbonyl (C=O) groups excluding carboxylic acids is 1. The third kappa shape index (κ3) is 4.02. The fourth-order valence-electron chi connectivity index (χ4n) is 3.56. The normalized spacial score (nSPS) is 21.2. The van der Waals surface area contributed by atoms with E-state index in [0.29, 0.717) is 23.8 Å². The summed E-state index contributed by atoms with van der Waals surface area (Å²) in [6, 6.07) is 7.43. The molecule has 1 aromatic heterocycles. The molecule has 0 spiro atoms. The van der Waals surface area contributed by atoms with Crippen molar-refractivity contribution >= 4 is 28.5 Å². The molecule has 25 heavy (non-hydrogen) atoms. The molecule has 1 aromatic carbocycles. The molecule has 4 nitrogen and oxygen atoms in total. The fraction of sp³-hybridized carbons (Fsp3) is 0.400. The van der Waals surface area contributed by atoms with E-state index in [2.05, 4.69) is 11.6 Å². The molecule has 1 saturated heterocycles. The van der Waals surface area contributed by atoms with Crippen LogP contribution in [-0.4, -0.2) is 35.4 Å². The Morgan fingerprint density at radius 3 is 3.08 bits per heavy atom. The van der Waals surface area contributed by atoms with E-state index in [1.54, 1.807) is 19.4 Å². The highest BCUT2D eigenvalue weighted by Gasteiger charge is 2.27. The predicted molar refractivity (Wildman–Crippen MR) is 101 cm³/mol. The lowest BCUT2D eigenvalue weighted by molar-refractivity contribution is 0.0963. The number of Topliss-reactive ketones (excluding diaryl/α,β-unsaturated/α-hetero) is 1. The van der Waals surface area contributed by atoms with Crippen molar-refractivity contribution in [3.05, 3.63) is 48.7 Å². The molecule has 2 aromatic rings. The minimum atomic E-state index is 0.150. The smallest absolute Gasteiger partial charge is 0.163 e. The lowest BCUT2D eigenvalue weighted by Crippen LogP contribution is -2.34. The summed E-state index contributed by atoms with van der Waals surface area (Å²) in [4.78, 5) is 17.2. The van der Waals surface area contributed by atoms with Crippen LogP contribution in [0, 0.1) is 11.8 Å². The minimum Gasteiger partial charge on any atom is -0.497 e. The maximum Gasteiger partial charge on any atom is 0.163 e. The van der Waals surface area contributed by atoms with Gasteiger partial charge in [-0.25, -0.2) is 4.42 Å². The Balaban J connectivity index is 1.75. The van der Waals surface area contributed by atoms with Gasteiger partial charge in [0.1, 0.15) is 5.75 Å². The SMILES string of the molecule is C=CC1CN(Cl)CCC1CCC(=O)c1ccnc2ccc(OC)cc12. The summed E-state index contributed by atoms with van der Waals surface area (Å²) >= 11 is 6.11. The van der Waals surface area contributed by atoms with Crippen molar-refractivity contribution in [2.75, 3.05) is 20.2 Å². The van der Waals surface area contributed by atoms with Crippen LogP contribution >= 0.6 is 11.8 Å². The number of hydrogen-bond acceptors (Lipinski definition) is 4. The molecule has 1 aliphatic rings. The van der Waals surface area contributed by atoms with E-state index in [4.69, 9.17) is 16.5 Å². The number of ketones is 1. The van der Waals surface area contributed by atoms with Gasteiger partial charge in [0, 0.05) is 36.7 Å². The molecule has 1 aliphatic heterocycles. The Morgan fingerprint density at radius 2 is 2.32 bits per heavy atom. The third-order valence-corrected chi connectivity index (χ3v) is 5.36. The summed E-state index contributed by atoms with van der Waals surface area (Å²) in [5.41, 5.74) is 1.53. The average Bonchev–Trinajstić information content (AvgIpc) is 2.65. The molecule has 1 fully saturated rings. The quantitative estimate of drug-likeness (QED) is 0.433. The number of benzene rings is 1. The monoisotopic (exact) mass is 358 g/mol. The Hall–Kier alpha value is -1.91. The maximum atomic E-state index is 12.8. The van der Waals surface area contributed by atoms with E-state index >= 15 is 0 Å². The summed E-state index contributed by atoms with van der Waals surface area (Å²) in [5.74, 6) is 1.68. The molecule has 0 N–H and O–H groups in total. The van der Waals surface area contributed by atoms with Crippen LogP contribution < -0.4 is 4.74 Å². The van der Waals surface area contributed by atoms with Crippen LogP contribution in [0.25, 0.3) is 10.9 Å². The molecule has 132 valence electrons. The average molecular weight is 359 g/mol. The van der Waals surface area contributed by atoms with Crippen LogP contribution in [0.4, 0.5) is 0 Å². The highest BCUT2D eigenvalue weighted by atomic mass is 35.5. The molecule has 0 bridgehead atoms. The fourth-order valence-corrected chi connectivity index (χ4v) is 3.82. The number of rotatable bonds is 6. The Morgan fingerprint density at radius 1 is 1.48 bits per heavy atom. The van der Waals surface area contributed by atoms with Gasteiger partial charge >= 0.3 is 0 Å². The van der Waals surface area contributed by atoms with Gasteiger partial charge in [0.25, 0.3) is 0 Å². The van der Waals surface area contributed by atoms with E-state index in [9.17, 15) is 4.79 Å². The van der Waals surface area contributed by atoms with Crippen LogP contribution in [-0.2, 0) is 0 Å². The number of hydrogen-bond donors (Lipinski definition) is 0. The van der Waals surface area contributed by atoms with Crippen molar-refractivity contribution in [2.24, 2.45) is 11.8 Å². The lowest BCUT2D eigenvalue weighted by Gasteiger charge is -2.33. The second-order valence-corrected chi connectivity index (χ2v) is 7.00. The summed E-state index contributed by atoms with van der Waals surface area (Å²) in [6.07, 6.45) is 6.04. The predicted octanol–water partition coefficient (Wildman–Crippen LogP) is 4.48. The van der Waals surface area contributed by atoms with Gasteiger partial charge in [-0.15, -0.1) is 6.58 Å². The topological polar surface area (TPSA) is 42.4 Å². The molecule has 0 aliphatic carbocycles. The van der Waals surface area contributed by atoms with Crippen molar-refractivity contribution in [1.29, 1.82) is 0 Å². The second kappa shape index (κ2) is 7.98. The highest BCUT2D eigenvalue weighted by Crippen LogP contribution is 2.30. The molecule has 5 heteroatoms. The van der Waals surface area contributed by atoms with Gasteiger partial charge in [-0.2, -0.15) is 0 Å². The van der Waals surface area contributed by atoms with Gasteiger partial charge in [0.15, 0.2) is 5.78 Å². The Labute approximate surface area is 153 Å². The van der Waals surface area contributed by atoms with E-state index in [0.717, 1.165) is 42.6 Å². The van der Waals surface area contributed by atoms with Gasteiger partial charge in [0.05, 0.1) is 12.6 Å². The lowest BCUT2D eigenvalue weighted by atomic mass is 9.82. The maximum absolute atomic E-state index is 12.8. The van der Waals surface area contributed by atoms with E-state index < -0.39 is 0 Å². The molecule has 0 saturated carbocycles. The summed E-state index contributed by atoms with van der Waals surface area (Å²) in [6.45, 7) is 5.59. The van der Waals surface area contributed by atoms with Crippen LogP contribution in [0.5, 0.6) is 5.75 Å². The first-order chi connectivity index (χ1) is 12.1. The Bertz CT molecular complexity index is 777. The number of ether oxygens (including phenoxy) is 1. The van der Waals surface area contributed by atoms with Crippen molar-refractivity contribution in [3.8, 4) is 5.75 Å². The molecule has 2 atom stereocenters. The van der Waals surface area contributed by atoms with Crippen LogP contribution in [0.15, 0.2) is 43.1 Å². The number of nitrogens with zero attached hydrogens (tertiary/aromatic N) is 2. The minimum absolute atomic E-state index is 0.150. The first-order valence-corrected chi connectivity index (χ1v) is 8.95. The second-order valence-electron chi connectivity index (χ2n) is 6.52. The summed E-state index contributed by atoms with van der Waals surface area (Å²) < 4.78 is 7.10. The molecular weight excluding hydrogens is 336 g/mol. The van der Waals surface area contributed by atoms with E-state index in [-0.39, 0.29) is 5.78 Å². The number of fused-ring (bicyclic) bond motifs is 1. The molecule has 0 amide bonds. The zero-order valence-corrected chi connectivity index (χ0v) is 15.2. The van der Waals surface area contributed by atoms with Crippen LogP contribution in [0.3, 0.4) is 0 Å². The van der Waals surface area contributed by atoms with Gasteiger partial charge in [0.2, 0.25) is 0 Å². The first kappa shape index (κ1) is 17.9. The van der Waals surface area contributed by atoms with Crippen molar-refractivity contribution in [2.45, 2.75) is 19.3 Å². The molecule has 0 radical (unpaired) electrons. The van der Waals surface area contributed by atoms with Crippen molar-refractivity contribution in [1.82, 2.24) is 9.40 Å². The molecule has 3 rings (SSSR count). The van der Waals surface area contributed by atoms with Crippen molar-refractivity contribution in [3.63, 3.8) is 0 Å². The number of methoxy groups -OCH3 is 1. The summed E-state index contributed by atoms with van der Waals surface area (Å²) in [5, 5.41) is 0.850. The zero-order chi connectivity index (χ0) is 17.8. The largest absolute Gasteiger partial charge is 0.497 e. The first-order valence-electron chi connectivity index (χ1n) is 8.61. The zero-order valence-electron chi connectivity index (χ0n) is 14.5. The standard InChI is InChI=1S/C20H23ClN2O2/c1-3-14-13-23(21)11-9-15(14)4-7-20(24)17-8-10-22-19-6-5-16(25-2)12-18(17)19/h3,5-6,8,10,12,14-15H,1,4,7,9,11,13H2,2H3. The highest BCUT2D eigenvalue weighted by molar-refractivity contribution is 6.13. The number of halogens is 1. The van der Waals surface area contributed by atoms with Gasteiger partial charge in [-0.3, -0.25) is 9.78 Å². The third-order valence-electron chi connectivity index (χ3n) is 5.05. The molecule has 2 unspecified atom stereocenters. The van der Waals surface area contributed by atoms with Gasteiger partial charge < -0.3 is 4.74 Å². The van der Waals surface area contributed by atoms with Gasteiger partial charge in [-0.1, -0.05) is 6.08 Å².